The van der Waals surface area contributed by atoms with E-state index in [1.54, 1.807) is 24.3 Å². The van der Waals surface area contributed by atoms with Crippen molar-refractivity contribution in [1.82, 2.24) is 4.90 Å². The van der Waals surface area contributed by atoms with Crippen LogP contribution in [0.1, 0.15) is 18.4 Å². The predicted molar refractivity (Wildman–Crippen MR) is 69.0 cm³/mol. The van der Waals surface area contributed by atoms with Crippen LogP contribution >= 0.6 is 0 Å². The highest BCUT2D eigenvalue weighted by Gasteiger charge is 2.30. The number of rotatable bonds is 6. The van der Waals surface area contributed by atoms with E-state index in [2.05, 4.69) is 0 Å². The molecule has 0 aromatic heterocycles. The first-order valence-corrected chi connectivity index (χ1v) is 6.53. The second-order valence-corrected chi connectivity index (χ2v) is 4.81. The maximum atomic E-state index is 12.0. The summed E-state index contributed by atoms with van der Waals surface area (Å²) in [6.45, 7) is 0.694. The van der Waals surface area contributed by atoms with Gasteiger partial charge in [-0.3, -0.25) is 9.69 Å². The molecule has 0 unspecified atom stereocenters. The minimum atomic E-state index is -2.49. The van der Waals surface area contributed by atoms with Gasteiger partial charge in [-0.25, -0.2) is 8.78 Å². The fraction of sp³-hybridized carbons (Fsp3) is 0.500. The molecule has 110 valence electrons. The lowest BCUT2D eigenvalue weighted by Gasteiger charge is -2.21. The van der Waals surface area contributed by atoms with E-state index in [0.29, 0.717) is 18.7 Å². The van der Waals surface area contributed by atoms with Crippen molar-refractivity contribution < 1.29 is 23.4 Å². The number of benzene rings is 1. The lowest BCUT2D eigenvalue weighted by Crippen LogP contribution is -2.35. The van der Waals surface area contributed by atoms with Crippen LogP contribution in [0.5, 0.6) is 5.75 Å². The van der Waals surface area contributed by atoms with Gasteiger partial charge in [0.05, 0.1) is 0 Å². The standard InChI is InChI=1S/C14H17F2NO3/c15-13(16)9-20-11-5-3-10(4-6-11)8-17-7-1-2-12(17)14(18)19/h3-6,12-13H,1-2,7-9H2,(H,18,19)/t12-/m1/s1. The molecule has 1 atom stereocenters. The molecule has 0 radical (unpaired) electrons. The van der Waals surface area contributed by atoms with Gasteiger partial charge in [0.15, 0.2) is 0 Å². The highest BCUT2D eigenvalue weighted by atomic mass is 19.3. The number of carboxylic acids is 1. The number of ether oxygens (including phenoxy) is 1. The topological polar surface area (TPSA) is 49.8 Å². The van der Waals surface area contributed by atoms with Gasteiger partial charge in [-0.2, -0.15) is 0 Å². The molecule has 1 heterocycles. The van der Waals surface area contributed by atoms with Crippen LogP contribution in [0.25, 0.3) is 0 Å². The second-order valence-electron chi connectivity index (χ2n) is 4.81. The van der Waals surface area contributed by atoms with Crippen molar-refractivity contribution in [2.45, 2.75) is 31.9 Å². The molecule has 2 rings (SSSR count). The van der Waals surface area contributed by atoms with E-state index in [0.717, 1.165) is 18.5 Å². The summed E-state index contributed by atoms with van der Waals surface area (Å²) in [5, 5.41) is 9.10. The largest absolute Gasteiger partial charge is 0.488 e. The molecule has 1 aliphatic rings. The van der Waals surface area contributed by atoms with Crippen LogP contribution in [0.3, 0.4) is 0 Å². The monoisotopic (exact) mass is 285 g/mol. The van der Waals surface area contributed by atoms with Gasteiger partial charge in [0.1, 0.15) is 18.4 Å². The van der Waals surface area contributed by atoms with Gasteiger partial charge in [0.25, 0.3) is 6.43 Å². The number of alkyl halides is 2. The third kappa shape index (κ3) is 3.90. The maximum Gasteiger partial charge on any atom is 0.320 e. The van der Waals surface area contributed by atoms with Crippen molar-refractivity contribution in [1.29, 1.82) is 0 Å². The van der Waals surface area contributed by atoms with Gasteiger partial charge in [-0.1, -0.05) is 12.1 Å². The van der Waals surface area contributed by atoms with Gasteiger partial charge in [-0.05, 0) is 37.1 Å². The lowest BCUT2D eigenvalue weighted by molar-refractivity contribution is -0.142. The van der Waals surface area contributed by atoms with Crippen LogP contribution in [0.4, 0.5) is 8.78 Å². The highest BCUT2D eigenvalue weighted by molar-refractivity contribution is 5.73. The molecular formula is C14H17F2NO3. The number of carboxylic acid groups (broad SMARTS) is 1. The normalized spacial score (nSPS) is 19.4. The minimum absolute atomic E-state index is 0.394. The Balaban J connectivity index is 1.91. The molecule has 6 heteroatoms. The van der Waals surface area contributed by atoms with Crippen LogP contribution in [0, 0.1) is 0 Å². The summed E-state index contributed by atoms with van der Waals surface area (Å²) in [5.74, 6) is -0.398. The first-order chi connectivity index (χ1) is 9.56. The van der Waals surface area contributed by atoms with Crippen LogP contribution in [0.15, 0.2) is 24.3 Å². The molecule has 0 amide bonds. The van der Waals surface area contributed by atoms with E-state index in [1.807, 2.05) is 4.90 Å². The van der Waals surface area contributed by atoms with Gasteiger partial charge in [0, 0.05) is 6.54 Å². The van der Waals surface area contributed by atoms with Crippen LogP contribution in [-0.4, -0.2) is 41.6 Å². The zero-order valence-corrected chi connectivity index (χ0v) is 11.0. The van der Waals surface area contributed by atoms with Gasteiger partial charge in [0.2, 0.25) is 0 Å². The predicted octanol–water partition coefficient (Wildman–Crippen LogP) is 2.38. The Morgan fingerprint density at radius 2 is 2.10 bits per heavy atom. The van der Waals surface area contributed by atoms with E-state index in [-0.39, 0.29) is 0 Å². The van der Waals surface area contributed by atoms with E-state index >= 15 is 0 Å². The smallest absolute Gasteiger partial charge is 0.320 e. The Labute approximate surface area is 116 Å². The Bertz CT molecular complexity index is 450. The zero-order chi connectivity index (χ0) is 14.5. The Hall–Kier alpha value is -1.69. The Morgan fingerprint density at radius 1 is 1.40 bits per heavy atom. The molecule has 1 N–H and O–H groups in total. The summed E-state index contributed by atoms with van der Waals surface area (Å²) in [7, 11) is 0. The number of aliphatic carboxylic acids is 1. The van der Waals surface area contributed by atoms with E-state index in [9.17, 15) is 13.6 Å². The number of hydrogen-bond acceptors (Lipinski definition) is 3. The van der Waals surface area contributed by atoms with E-state index < -0.39 is 25.0 Å². The van der Waals surface area contributed by atoms with Crippen LogP contribution in [0.2, 0.25) is 0 Å². The van der Waals surface area contributed by atoms with Gasteiger partial charge in [-0.15, -0.1) is 0 Å². The average molecular weight is 285 g/mol. The fourth-order valence-corrected chi connectivity index (χ4v) is 2.38. The summed E-state index contributed by atoms with van der Waals surface area (Å²) in [5.41, 5.74) is 0.947. The zero-order valence-electron chi connectivity index (χ0n) is 11.0. The number of carbonyl (C=O) groups is 1. The van der Waals surface area contributed by atoms with Gasteiger partial charge >= 0.3 is 5.97 Å². The summed E-state index contributed by atoms with van der Waals surface area (Å²) in [6.07, 6.45) is -0.937. The average Bonchev–Trinajstić information content (AvgIpc) is 2.86. The highest BCUT2D eigenvalue weighted by Crippen LogP contribution is 2.21. The SMILES string of the molecule is O=C(O)[C@H]1CCCN1Cc1ccc(OCC(F)F)cc1. The summed E-state index contributed by atoms with van der Waals surface area (Å²) >= 11 is 0. The van der Waals surface area contributed by atoms with E-state index in [4.69, 9.17) is 9.84 Å². The number of nitrogens with zero attached hydrogens (tertiary/aromatic N) is 1. The lowest BCUT2D eigenvalue weighted by atomic mass is 10.2. The molecule has 1 aromatic rings. The summed E-state index contributed by atoms with van der Waals surface area (Å²) in [4.78, 5) is 13.0. The molecule has 0 bridgehead atoms. The van der Waals surface area contributed by atoms with Crippen molar-refractivity contribution in [3.05, 3.63) is 29.8 Å². The molecule has 1 fully saturated rings. The van der Waals surface area contributed by atoms with Gasteiger partial charge < -0.3 is 9.84 Å². The van der Waals surface area contributed by atoms with Crippen molar-refractivity contribution >= 4 is 5.97 Å². The van der Waals surface area contributed by atoms with Crippen molar-refractivity contribution in [2.75, 3.05) is 13.2 Å². The molecular weight excluding hydrogens is 268 g/mol. The first-order valence-electron chi connectivity index (χ1n) is 6.53. The van der Waals surface area contributed by atoms with Crippen LogP contribution < -0.4 is 4.74 Å². The molecule has 0 aliphatic carbocycles. The van der Waals surface area contributed by atoms with E-state index in [1.165, 1.54) is 0 Å². The Kier molecular flexibility index (Phi) is 4.89. The molecule has 1 aliphatic heterocycles. The Morgan fingerprint density at radius 3 is 2.70 bits per heavy atom. The molecule has 1 aromatic carbocycles. The molecule has 4 nitrogen and oxygen atoms in total. The third-order valence-corrected chi connectivity index (χ3v) is 3.33. The van der Waals surface area contributed by atoms with Crippen molar-refractivity contribution in [2.24, 2.45) is 0 Å². The first kappa shape index (κ1) is 14.7. The van der Waals surface area contributed by atoms with Crippen LogP contribution in [-0.2, 0) is 11.3 Å². The molecule has 0 spiro atoms. The maximum absolute atomic E-state index is 12.0. The van der Waals surface area contributed by atoms with Crippen molar-refractivity contribution in [3.8, 4) is 5.75 Å². The summed E-state index contributed by atoms with van der Waals surface area (Å²) < 4.78 is 28.9. The van der Waals surface area contributed by atoms with Crippen molar-refractivity contribution in [3.63, 3.8) is 0 Å². The molecule has 0 saturated carbocycles. The fourth-order valence-electron chi connectivity index (χ4n) is 2.38. The third-order valence-electron chi connectivity index (χ3n) is 3.33. The molecule has 1 saturated heterocycles. The second kappa shape index (κ2) is 6.65. The number of likely N-dealkylation sites (tertiary alicyclic amines) is 1. The minimum Gasteiger partial charge on any atom is -0.488 e. The molecule has 20 heavy (non-hydrogen) atoms. The summed E-state index contributed by atoms with van der Waals surface area (Å²) in [6, 6.07) is 6.38. The quantitative estimate of drug-likeness (QED) is 0.872. The number of halogens is 2. The number of hydrogen-bond donors (Lipinski definition) is 1.